The molecule has 1 rings (SSSR count). The molecule has 0 spiro atoms. The zero-order valence-corrected chi connectivity index (χ0v) is 10.8. The van der Waals surface area contributed by atoms with Crippen molar-refractivity contribution in [1.82, 2.24) is 0 Å². The normalized spacial score (nSPS) is 12.9. The molecule has 3 nitrogen and oxygen atoms in total. The number of rotatable bonds is 4. The SMILES string of the molecule is C/C=C\c1oc(/C=C\C)c(C=NC)c1C=NC. The van der Waals surface area contributed by atoms with Crippen LogP contribution in [0.5, 0.6) is 0 Å². The van der Waals surface area contributed by atoms with Crippen LogP contribution >= 0.6 is 0 Å². The summed E-state index contributed by atoms with van der Waals surface area (Å²) < 4.78 is 5.78. The molecule has 0 aromatic carbocycles. The second-order valence-corrected chi connectivity index (χ2v) is 3.43. The molecule has 0 aliphatic rings. The van der Waals surface area contributed by atoms with E-state index in [1.54, 1.807) is 26.5 Å². The van der Waals surface area contributed by atoms with Crippen molar-refractivity contribution in [3.63, 3.8) is 0 Å². The lowest BCUT2D eigenvalue weighted by Crippen LogP contribution is -1.90. The third-order valence-electron chi connectivity index (χ3n) is 2.19. The predicted octanol–water partition coefficient (Wildman–Crippen LogP) is 3.44. The summed E-state index contributed by atoms with van der Waals surface area (Å²) in [6.07, 6.45) is 11.3. The van der Waals surface area contributed by atoms with E-state index in [0.29, 0.717) is 0 Å². The first-order chi connectivity index (χ1) is 8.28. The second kappa shape index (κ2) is 6.63. The molecule has 0 radical (unpaired) electrons. The fraction of sp³-hybridized carbons (Fsp3) is 0.286. The molecule has 0 unspecified atom stereocenters. The maximum Gasteiger partial charge on any atom is 0.136 e. The van der Waals surface area contributed by atoms with Crippen LogP contribution in [0.2, 0.25) is 0 Å². The molecule has 1 aromatic rings. The molecule has 0 bridgehead atoms. The minimum atomic E-state index is 0.807. The summed E-state index contributed by atoms with van der Waals surface area (Å²) in [5, 5.41) is 0. The van der Waals surface area contributed by atoms with Gasteiger partial charge < -0.3 is 4.42 Å². The first-order valence-electron chi connectivity index (χ1n) is 5.55. The molecule has 3 heteroatoms. The molecule has 0 aliphatic carbocycles. The van der Waals surface area contributed by atoms with E-state index >= 15 is 0 Å². The molecule has 0 fully saturated rings. The van der Waals surface area contributed by atoms with Crippen LogP contribution in [-0.2, 0) is 0 Å². The van der Waals surface area contributed by atoms with E-state index in [9.17, 15) is 0 Å². The van der Waals surface area contributed by atoms with E-state index in [1.807, 2.05) is 38.2 Å². The molecule has 0 atom stereocenters. The van der Waals surface area contributed by atoms with E-state index in [-0.39, 0.29) is 0 Å². The largest absolute Gasteiger partial charge is 0.456 e. The molecule has 1 heterocycles. The van der Waals surface area contributed by atoms with E-state index in [0.717, 1.165) is 22.6 Å². The van der Waals surface area contributed by atoms with Gasteiger partial charge in [0, 0.05) is 37.7 Å². The number of aliphatic imine (C=N–C) groups is 2. The van der Waals surface area contributed by atoms with Gasteiger partial charge in [0.2, 0.25) is 0 Å². The van der Waals surface area contributed by atoms with Crippen LogP contribution in [0.4, 0.5) is 0 Å². The zero-order chi connectivity index (χ0) is 12.7. The average Bonchev–Trinajstić information content (AvgIpc) is 2.61. The number of nitrogens with zero attached hydrogens (tertiary/aromatic N) is 2. The molecule has 17 heavy (non-hydrogen) atoms. The van der Waals surface area contributed by atoms with Gasteiger partial charge in [-0.1, -0.05) is 12.2 Å². The first kappa shape index (κ1) is 13.2. The van der Waals surface area contributed by atoms with Gasteiger partial charge in [0.25, 0.3) is 0 Å². The van der Waals surface area contributed by atoms with Crippen molar-refractivity contribution >= 4 is 24.6 Å². The fourth-order valence-corrected chi connectivity index (χ4v) is 1.57. The Bertz CT molecular complexity index is 434. The van der Waals surface area contributed by atoms with Crippen molar-refractivity contribution in [1.29, 1.82) is 0 Å². The third-order valence-corrected chi connectivity index (χ3v) is 2.19. The highest BCUT2D eigenvalue weighted by Crippen LogP contribution is 2.23. The molecular weight excluding hydrogens is 212 g/mol. The topological polar surface area (TPSA) is 37.9 Å². The van der Waals surface area contributed by atoms with E-state index in [2.05, 4.69) is 9.98 Å². The Morgan fingerprint density at radius 1 is 0.824 bits per heavy atom. The van der Waals surface area contributed by atoms with E-state index in [1.165, 1.54) is 0 Å². The van der Waals surface area contributed by atoms with Crippen molar-refractivity contribution in [2.75, 3.05) is 14.1 Å². The Hall–Kier alpha value is -1.90. The first-order valence-corrected chi connectivity index (χ1v) is 5.55. The lowest BCUT2D eigenvalue weighted by atomic mass is 10.1. The zero-order valence-electron chi connectivity index (χ0n) is 10.8. The molecule has 0 saturated heterocycles. The Kier molecular flexibility index (Phi) is 5.14. The van der Waals surface area contributed by atoms with Gasteiger partial charge in [-0.3, -0.25) is 9.98 Å². The summed E-state index contributed by atoms with van der Waals surface area (Å²) in [7, 11) is 3.49. The highest BCUT2D eigenvalue weighted by Gasteiger charge is 2.13. The van der Waals surface area contributed by atoms with Gasteiger partial charge in [-0.2, -0.15) is 0 Å². The summed E-state index contributed by atoms with van der Waals surface area (Å²) in [5.74, 6) is 1.61. The molecule has 0 N–H and O–H groups in total. The van der Waals surface area contributed by atoms with Gasteiger partial charge in [-0.05, 0) is 26.0 Å². The van der Waals surface area contributed by atoms with Crippen molar-refractivity contribution < 1.29 is 4.42 Å². The molecule has 90 valence electrons. The average molecular weight is 230 g/mol. The van der Waals surface area contributed by atoms with Gasteiger partial charge in [-0.15, -0.1) is 0 Å². The Balaban J connectivity index is 3.47. The highest BCUT2D eigenvalue weighted by atomic mass is 16.3. The molecule has 1 aromatic heterocycles. The Morgan fingerprint density at radius 3 is 1.53 bits per heavy atom. The lowest BCUT2D eigenvalue weighted by Gasteiger charge is -1.92. The minimum absolute atomic E-state index is 0.807. The van der Waals surface area contributed by atoms with Crippen molar-refractivity contribution in [3.05, 3.63) is 34.8 Å². The molecule has 0 aliphatic heterocycles. The minimum Gasteiger partial charge on any atom is -0.456 e. The van der Waals surface area contributed by atoms with Crippen LogP contribution < -0.4 is 0 Å². The lowest BCUT2D eigenvalue weighted by molar-refractivity contribution is 0.546. The Labute approximate surface area is 102 Å². The maximum atomic E-state index is 5.78. The van der Waals surface area contributed by atoms with Gasteiger partial charge >= 0.3 is 0 Å². The van der Waals surface area contributed by atoms with E-state index < -0.39 is 0 Å². The van der Waals surface area contributed by atoms with Crippen LogP contribution in [-0.4, -0.2) is 26.5 Å². The van der Waals surface area contributed by atoms with Crippen LogP contribution in [0.3, 0.4) is 0 Å². The quantitative estimate of drug-likeness (QED) is 0.730. The summed E-state index contributed by atoms with van der Waals surface area (Å²) in [6, 6.07) is 0. The fourth-order valence-electron chi connectivity index (χ4n) is 1.57. The number of furan rings is 1. The van der Waals surface area contributed by atoms with Gasteiger partial charge in [0.15, 0.2) is 0 Å². The summed E-state index contributed by atoms with van der Waals surface area (Å²) in [6.45, 7) is 3.91. The smallest absolute Gasteiger partial charge is 0.136 e. The molecule has 0 amide bonds. The van der Waals surface area contributed by atoms with Crippen molar-refractivity contribution in [3.8, 4) is 0 Å². The van der Waals surface area contributed by atoms with Crippen LogP contribution in [0.15, 0.2) is 26.6 Å². The summed E-state index contributed by atoms with van der Waals surface area (Å²) in [4.78, 5) is 8.12. The van der Waals surface area contributed by atoms with E-state index in [4.69, 9.17) is 4.42 Å². The monoisotopic (exact) mass is 230 g/mol. The van der Waals surface area contributed by atoms with Crippen LogP contribution in [0.25, 0.3) is 12.2 Å². The predicted molar refractivity (Wildman–Crippen MR) is 75.2 cm³/mol. The standard InChI is InChI=1S/C14H18N2O/c1-5-7-13-11(9-15-3)12(10-16-4)14(17-13)8-6-2/h5-10H,1-4H3/b7-5-,8-6-,15-9?,16-10?. The maximum absolute atomic E-state index is 5.78. The third kappa shape index (κ3) is 3.03. The van der Waals surface area contributed by atoms with Gasteiger partial charge in [-0.25, -0.2) is 0 Å². The van der Waals surface area contributed by atoms with Gasteiger partial charge in [0.05, 0.1) is 0 Å². The second-order valence-electron chi connectivity index (χ2n) is 3.43. The van der Waals surface area contributed by atoms with Crippen molar-refractivity contribution in [2.24, 2.45) is 9.98 Å². The number of hydrogen-bond donors (Lipinski definition) is 0. The molecular formula is C14H18N2O. The molecule has 0 saturated carbocycles. The van der Waals surface area contributed by atoms with Crippen LogP contribution in [0, 0.1) is 0 Å². The highest BCUT2D eigenvalue weighted by molar-refractivity contribution is 5.99. The number of hydrogen-bond acceptors (Lipinski definition) is 3. The van der Waals surface area contributed by atoms with Gasteiger partial charge in [0.1, 0.15) is 11.5 Å². The summed E-state index contributed by atoms with van der Waals surface area (Å²) >= 11 is 0. The van der Waals surface area contributed by atoms with Crippen molar-refractivity contribution in [2.45, 2.75) is 13.8 Å². The number of allylic oxidation sites excluding steroid dienone is 2. The Morgan fingerprint density at radius 2 is 1.24 bits per heavy atom. The summed E-state index contributed by atoms with van der Waals surface area (Å²) in [5.41, 5.74) is 1.92. The van der Waals surface area contributed by atoms with Crippen LogP contribution in [0.1, 0.15) is 36.5 Å².